The molecule has 150 valence electrons. The number of nitrogens with one attached hydrogen (secondary N) is 2. The number of nitrogens with zero attached hydrogens (tertiary/aromatic N) is 1. The number of amides is 3. The Morgan fingerprint density at radius 2 is 1.53 bits per heavy atom. The fourth-order valence-corrected chi connectivity index (χ4v) is 3.68. The molecule has 3 aromatic rings. The summed E-state index contributed by atoms with van der Waals surface area (Å²) in [4.78, 5) is 39.3. The Morgan fingerprint density at radius 1 is 0.867 bits per heavy atom. The first-order valence-corrected chi connectivity index (χ1v) is 9.65. The Morgan fingerprint density at radius 3 is 2.23 bits per heavy atom. The van der Waals surface area contributed by atoms with Crippen LogP contribution in [0.3, 0.4) is 0 Å². The highest BCUT2D eigenvalue weighted by atomic mass is 16.2. The molecule has 6 heteroatoms. The minimum Gasteiger partial charge on any atom is -0.326 e. The van der Waals surface area contributed by atoms with Crippen LogP contribution in [0.4, 0.5) is 11.4 Å². The number of rotatable bonds is 5. The smallest absolute Gasteiger partial charge is 0.255 e. The summed E-state index contributed by atoms with van der Waals surface area (Å²) >= 11 is 0. The van der Waals surface area contributed by atoms with E-state index < -0.39 is 6.04 Å². The molecule has 3 amide bonds. The van der Waals surface area contributed by atoms with Gasteiger partial charge < -0.3 is 15.5 Å². The lowest BCUT2D eigenvalue weighted by Gasteiger charge is -2.27. The normalized spacial score (nSPS) is 13.5. The fourth-order valence-electron chi connectivity index (χ4n) is 3.68. The SMILES string of the molecule is CC(=O)Nc1cccc(NC(=O)C(c2ccccc2)N2Cc3ccccc3C2=O)c1. The van der Waals surface area contributed by atoms with Gasteiger partial charge in [-0.3, -0.25) is 14.4 Å². The number of fused-ring (bicyclic) bond motifs is 1. The van der Waals surface area contributed by atoms with Crippen molar-refractivity contribution >= 4 is 29.1 Å². The van der Waals surface area contributed by atoms with Crippen molar-refractivity contribution in [1.82, 2.24) is 4.90 Å². The molecular weight excluding hydrogens is 378 g/mol. The lowest BCUT2D eigenvalue weighted by molar-refractivity contribution is -0.120. The molecule has 4 rings (SSSR count). The number of carbonyl (C=O) groups is 3. The molecule has 1 heterocycles. The highest BCUT2D eigenvalue weighted by molar-refractivity contribution is 6.04. The standard InChI is InChI=1S/C24H21N3O3/c1-16(28)25-19-11-7-12-20(14-19)26-23(29)22(17-8-3-2-4-9-17)27-15-18-10-5-6-13-21(18)24(27)30/h2-14,22H,15H2,1H3,(H,25,28)(H,26,29). The molecule has 1 aliphatic heterocycles. The van der Waals surface area contributed by atoms with E-state index in [1.54, 1.807) is 35.2 Å². The van der Waals surface area contributed by atoms with Crippen molar-refractivity contribution < 1.29 is 14.4 Å². The van der Waals surface area contributed by atoms with Gasteiger partial charge in [0.2, 0.25) is 5.91 Å². The zero-order valence-corrected chi connectivity index (χ0v) is 16.5. The molecule has 0 saturated heterocycles. The van der Waals surface area contributed by atoms with Crippen LogP contribution in [0.15, 0.2) is 78.9 Å². The summed E-state index contributed by atoms with van der Waals surface area (Å²) in [7, 11) is 0. The summed E-state index contributed by atoms with van der Waals surface area (Å²) in [6.07, 6.45) is 0. The van der Waals surface area contributed by atoms with Crippen molar-refractivity contribution in [2.45, 2.75) is 19.5 Å². The van der Waals surface area contributed by atoms with Gasteiger partial charge >= 0.3 is 0 Å². The van der Waals surface area contributed by atoms with Crippen molar-refractivity contribution in [2.24, 2.45) is 0 Å². The van der Waals surface area contributed by atoms with Gasteiger partial charge in [-0.25, -0.2) is 0 Å². The average molecular weight is 399 g/mol. The predicted molar refractivity (Wildman–Crippen MR) is 115 cm³/mol. The summed E-state index contributed by atoms with van der Waals surface area (Å²) in [5.41, 5.74) is 3.38. The number of hydrogen-bond donors (Lipinski definition) is 2. The molecule has 0 aliphatic carbocycles. The van der Waals surface area contributed by atoms with Gasteiger partial charge in [0.25, 0.3) is 11.8 Å². The second-order valence-electron chi connectivity index (χ2n) is 7.15. The quantitative estimate of drug-likeness (QED) is 0.681. The maximum Gasteiger partial charge on any atom is 0.255 e. The van der Waals surface area contributed by atoms with Crippen molar-refractivity contribution in [3.05, 3.63) is 95.6 Å². The van der Waals surface area contributed by atoms with E-state index in [0.717, 1.165) is 11.1 Å². The minimum atomic E-state index is -0.782. The first-order valence-electron chi connectivity index (χ1n) is 9.65. The summed E-state index contributed by atoms with van der Waals surface area (Å²) in [5, 5.41) is 5.59. The van der Waals surface area contributed by atoms with Crippen LogP contribution in [-0.2, 0) is 16.1 Å². The zero-order chi connectivity index (χ0) is 21.1. The molecule has 0 saturated carbocycles. The summed E-state index contributed by atoms with van der Waals surface area (Å²) in [6.45, 7) is 1.79. The van der Waals surface area contributed by atoms with E-state index in [9.17, 15) is 14.4 Å². The molecule has 0 fully saturated rings. The molecule has 3 aromatic carbocycles. The van der Waals surface area contributed by atoms with Crippen molar-refractivity contribution in [3.63, 3.8) is 0 Å². The van der Waals surface area contributed by atoms with Crippen molar-refractivity contribution in [1.29, 1.82) is 0 Å². The Balaban J connectivity index is 1.64. The predicted octanol–water partition coefficient (Wildman–Crippen LogP) is 3.98. The molecule has 0 aromatic heterocycles. The van der Waals surface area contributed by atoms with Crippen LogP contribution in [0.25, 0.3) is 0 Å². The number of carbonyl (C=O) groups excluding carboxylic acids is 3. The Labute approximate surface area is 174 Å². The maximum absolute atomic E-state index is 13.3. The highest BCUT2D eigenvalue weighted by Gasteiger charge is 2.37. The Bertz CT molecular complexity index is 1110. The maximum atomic E-state index is 13.3. The third kappa shape index (κ3) is 3.93. The molecule has 6 nitrogen and oxygen atoms in total. The third-order valence-electron chi connectivity index (χ3n) is 4.98. The summed E-state index contributed by atoms with van der Waals surface area (Å²) in [5.74, 6) is -0.676. The lowest BCUT2D eigenvalue weighted by Crippen LogP contribution is -2.37. The largest absolute Gasteiger partial charge is 0.326 e. The van der Waals surface area contributed by atoms with Crippen LogP contribution in [-0.4, -0.2) is 22.6 Å². The fraction of sp³-hybridized carbons (Fsp3) is 0.125. The van der Waals surface area contributed by atoms with Gasteiger partial charge in [0, 0.05) is 30.4 Å². The molecule has 0 bridgehead atoms. The minimum absolute atomic E-state index is 0.165. The van der Waals surface area contributed by atoms with Gasteiger partial charge in [0.1, 0.15) is 6.04 Å². The Hall–Kier alpha value is -3.93. The van der Waals surface area contributed by atoms with E-state index in [0.29, 0.717) is 23.5 Å². The van der Waals surface area contributed by atoms with E-state index in [1.807, 2.05) is 48.5 Å². The molecule has 1 unspecified atom stereocenters. The second-order valence-corrected chi connectivity index (χ2v) is 7.15. The van der Waals surface area contributed by atoms with E-state index in [2.05, 4.69) is 10.6 Å². The summed E-state index contributed by atoms with van der Waals surface area (Å²) < 4.78 is 0. The van der Waals surface area contributed by atoms with E-state index in [1.165, 1.54) is 6.92 Å². The van der Waals surface area contributed by atoms with Gasteiger partial charge in [-0.05, 0) is 35.4 Å². The van der Waals surface area contributed by atoms with E-state index in [4.69, 9.17) is 0 Å². The first kappa shape index (κ1) is 19.4. The first-order chi connectivity index (χ1) is 14.5. The number of benzene rings is 3. The van der Waals surface area contributed by atoms with Crippen LogP contribution in [0, 0.1) is 0 Å². The zero-order valence-electron chi connectivity index (χ0n) is 16.5. The summed E-state index contributed by atoms with van der Waals surface area (Å²) in [6, 6.07) is 22.8. The lowest BCUT2D eigenvalue weighted by atomic mass is 10.0. The second kappa shape index (κ2) is 8.21. The van der Waals surface area contributed by atoms with Crippen LogP contribution >= 0.6 is 0 Å². The molecular formula is C24H21N3O3. The molecule has 2 N–H and O–H groups in total. The van der Waals surface area contributed by atoms with E-state index in [-0.39, 0.29) is 17.7 Å². The Kier molecular flexibility index (Phi) is 5.30. The topological polar surface area (TPSA) is 78.5 Å². The van der Waals surface area contributed by atoms with Crippen LogP contribution in [0.1, 0.15) is 34.5 Å². The molecule has 30 heavy (non-hydrogen) atoms. The van der Waals surface area contributed by atoms with Crippen LogP contribution in [0.2, 0.25) is 0 Å². The van der Waals surface area contributed by atoms with Gasteiger partial charge in [0.15, 0.2) is 0 Å². The highest BCUT2D eigenvalue weighted by Crippen LogP contribution is 2.32. The van der Waals surface area contributed by atoms with Crippen molar-refractivity contribution in [3.8, 4) is 0 Å². The van der Waals surface area contributed by atoms with Gasteiger partial charge in [-0.15, -0.1) is 0 Å². The third-order valence-corrected chi connectivity index (χ3v) is 4.98. The molecule has 0 radical (unpaired) electrons. The van der Waals surface area contributed by atoms with Gasteiger partial charge in [0.05, 0.1) is 0 Å². The van der Waals surface area contributed by atoms with Crippen LogP contribution in [0.5, 0.6) is 0 Å². The molecule has 1 atom stereocenters. The van der Waals surface area contributed by atoms with Gasteiger partial charge in [-0.1, -0.05) is 54.6 Å². The van der Waals surface area contributed by atoms with E-state index >= 15 is 0 Å². The number of hydrogen-bond acceptors (Lipinski definition) is 3. The van der Waals surface area contributed by atoms with Crippen molar-refractivity contribution in [2.75, 3.05) is 10.6 Å². The molecule has 1 aliphatic rings. The monoisotopic (exact) mass is 399 g/mol. The number of anilines is 2. The molecule has 0 spiro atoms. The van der Waals surface area contributed by atoms with Gasteiger partial charge in [-0.2, -0.15) is 0 Å². The average Bonchev–Trinajstić information content (AvgIpc) is 3.05. The van der Waals surface area contributed by atoms with Crippen LogP contribution < -0.4 is 10.6 Å².